The minimum atomic E-state index is -1.22. The molecule has 0 aliphatic rings. The number of likely N-dealkylation sites (N-methyl/N-ethyl adjacent to an activating group) is 1. The first-order valence-corrected chi connectivity index (χ1v) is 4.53. The van der Waals surface area contributed by atoms with Crippen LogP contribution in [0.4, 0.5) is 4.79 Å². The Hall–Kier alpha value is -2.16. The maximum atomic E-state index is 11.0. The van der Waals surface area contributed by atoms with Crippen molar-refractivity contribution in [2.75, 3.05) is 26.8 Å². The van der Waals surface area contributed by atoms with Gasteiger partial charge in [-0.25, -0.2) is 9.59 Å². The summed E-state index contributed by atoms with van der Waals surface area (Å²) < 4.78 is 4.43. The van der Waals surface area contributed by atoms with Crippen molar-refractivity contribution in [3.05, 3.63) is 0 Å². The maximum absolute atomic E-state index is 11.0. The van der Waals surface area contributed by atoms with Gasteiger partial charge in [0, 0.05) is 7.05 Å². The van der Waals surface area contributed by atoms with Gasteiger partial charge in [0.05, 0.1) is 6.54 Å². The van der Waals surface area contributed by atoms with Crippen LogP contribution in [0.15, 0.2) is 0 Å². The van der Waals surface area contributed by atoms with E-state index in [0.29, 0.717) is 0 Å². The standard InChI is InChI=1S/C8H13N3O6/c1-9-5(12)2-10-8(16)11-6(13)3-17-4-7(14)15/h2-4H2,1H3,(H,9,12)(H,14,15)(H2,10,11,13,16). The van der Waals surface area contributed by atoms with Crippen LogP contribution in [0.2, 0.25) is 0 Å². The summed E-state index contributed by atoms with van der Waals surface area (Å²) in [6.07, 6.45) is 0. The van der Waals surface area contributed by atoms with Gasteiger partial charge in [0.1, 0.15) is 13.2 Å². The average molecular weight is 247 g/mol. The van der Waals surface area contributed by atoms with Crippen LogP contribution >= 0.6 is 0 Å². The Balaban J connectivity index is 3.69. The van der Waals surface area contributed by atoms with Gasteiger partial charge < -0.3 is 20.5 Å². The Labute approximate surface area is 96.5 Å². The second-order valence-electron chi connectivity index (χ2n) is 2.79. The predicted octanol–water partition coefficient (Wildman–Crippen LogP) is -2.34. The van der Waals surface area contributed by atoms with E-state index in [9.17, 15) is 19.2 Å². The van der Waals surface area contributed by atoms with Crippen LogP contribution in [-0.2, 0) is 19.1 Å². The third-order valence-corrected chi connectivity index (χ3v) is 1.40. The number of rotatable bonds is 6. The van der Waals surface area contributed by atoms with E-state index in [1.54, 1.807) is 0 Å². The zero-order valence-electron chi connectivity index (χ0n) is 9.11. The van der Waals surface area contributed by atoms with Gasteiger partial charge in [-0.15, -0.1) is 0 Å². The van der Waals surface area contributed by atoms with E-state index in [4.69, 9.17) is 5.11 Å². The van der Waals surface area contributed by atoms with E-state index in [-0.39, 0.29) is 6.54 Å². The first-order chi connectivity index (χ1) is 7.95. The number of urea groups is 1. The van der Waals surface area contributed by atoms with Crippen LogP contribution in [-0.4, -0.2) is 55.7 Å². The smallest absolute Gasteiger partial charge is 0.329 e. The number of hydrogen-bond acceptors (Lipinski definition) is 5. The summed E-state index contributed by atoms with van der Waals surface area (Å²) in [5.41, 5.74) is 0. The molecule has 0 spiro atoms. The molecule has 0 saturated carbocycles. The molecule has 0 aliphatic carbocycles. The van der Waals surface area contributed by atoms with Crippen molar-refractivity contribution < 1.29 is 29.0 Å². The van der Waals surface area contributed by atoms with Gasteiger partial charge in [-0.1, -0.05) is 0 Å². The highest BCUT2D eigenvalue weighted by molar-refractivity contribution is 5.96. The van der Waals surface area contributed by atoms with Crippen molar-refractivity contribution >= 4 is 23.8 Å². The monoisotopic (exact) mass is 247 g/mol. The van der Waals surface area contributed by atoms with E-state index in [1.165, 1.54) is 7.05 Å². The summed E-state index contributed by atoms with van der Waals surface area (Å²) in [4.78, 5) is 42.7. The van der Waals surface area contributed by atoms with Gasteiger partial charge in [-0.2, -0.15) is 0 Å². The van der Waals surface area contributed by atoms with Crippen LogP contribution in [0.25, 0.3) is 0 Å². The Kier molecular flexibility index (Phi) is 7.02. The minimum Gasteiger partial charge on any atom is -0.480 e. The number of aliphatic carboxylic acids is 1. The van der Waals surface area contributed by atoms with Crippen molar-refractivity contribution in [2.24, 2.45) is 0 Å². The predicted molar refractivity (Wildman–Crippen MR) is 54.1 cm³/mol. The topological polar surface area (TPSA) is 134 Å². The minimum absolute atomic E-state index is 0.272. The number of carbonyl (C=O) groups excluding carboxylic acids is 3. The van der Waals surface area contributed by atoms with Crippen LogP contribution in [0.5, 0.6) is 0 Å². The van der Waals surface area contributed by atoms with Gasteiger partial charge in [0.25, 0.3) is 5.91 Å². The molecule has 0 aromatic rings. The van der Waals surface area contributed by atoms with Crippen LogP contribution in [0.3, 0.4) is 0 Å². The number of carboxylic acid groups (broad SMARTS) is 1. The summed E-state index contributed by atoms with van der Waals surface area (Å²) in [5.74, 6) is -2.45. The Morgan fingerprint density at radius 3 is 2.29 bits per heavy atom. The third kappa shape index (κ3) is 8.81. The first-order valence-electron chi connectivity index (χ1n) is 4.53. The van der Waals surface area contributed by atoms with Crippen molar-refractivity contribution in [3.63, 3.8) is 0 Å². The van der Waals surface area contributed by atoms with Crippen molar-refractivity contribution in [3.8, 4) is 0 Å². The lowest BCUT2D eigenvalue weighted by atomic mass is 10.5. The third-order valence-electron chi connectivity index (χ3n) is 1.40. The molecule has 0 fully saturated rings. The molecule has 4 amide bonds. The molecular formula is C8H13N3O6. The fourth-order valence-corrected chi connectivity index (χ4v) is 0.687. The second-order valence-corrected chi connectivity index (χ2v) is 2.79. The molecule has 9 heteroatoms. The van der Waals surface area contributed by atoms with Crippen molar-refractivity contribution in [1.29, 1.82) is 0 Å². The first kappa shape index (κ1) is 14.8. The van der Waals surface area contributed by atoms with Crippen LogP contribution < -0.4 is 16.0 Å². The molecule has 96 valence electrons. The maximum Gasteiger partial charge on any atom is 0.329 e. The van der Waals surface area contributed by atoms with Gasteiger partial charge >= 0.3 is 12.0 Å². The molecule has 0 heterocycles. The summed E-state index contributed by atoms with van der Waals surface area (Å²) in [6.45, 7) is -1.46. The lowest BCUT2D eigenvalue weighted by molar-refractivity contribution is -0.143. The summed E-state index contributed by atoms with van der Waals surface area (Å²) in [6, 6.07) is -0.863. The highest BCUT2D eigenvalue weighted by Crippen LogP contribution is 1.76. The fraction of sp³-hybridized carbons (Fsp3) is 0.500. The largest absolute Gasteiger partial charge is 0.480 e. The van der Waals surface area contributed by atoms with Gasteiger partial charge in [-0.05, 0) is 0 Å². The molecular weight excluding hydrogens is 234 g/mol. The Bertz CT molecular complexity index is 316. The number of ether oxygens (including phenoxy) is 1. The molecule has 0 atom stereocenters. The van der Waals surface area contributed by atoms with E-state index < -0.39 is 37.0 Å². The average Bonchev–Trinajstić information content (AvgIpc) is 2.25. The van der Waals surface area contributed by atoms with Crippen LogP contribution in [0.1, 0.15) is 0 Å². The highest BCUT2D eigenvalue weighted by atomic mass is 16.5. The summed E-state index contributed by atoms with van der Waals surface area (Å²) >= 11 is 0. The molecule has 0 aromatic carbocycles. The second kappa shape index (κ2) is 8.05. The number of nitrogens with one attached hydrogen (secondary N) is 3. The lowest BCUT2D eigenvalue weighted by Crippen LogP contribution is -2.44. The normalized spacial score (nSPS) is 9.24. The number of carbonyl (C=O) groups is 4. The molecule has 0 unspecified atom stereocenters. The van der Waals surface area contributed by atoms with E-state index in [2.05, 4.69) is 15.4 Å². The molecule has 0 bridgehead atoms. The quantitative estimate of drug-likeness (QED) is 0.415. The molecule has 9 nitrogen and oxygen atoms in total. The number of amides is 4. The van der Waals surface area contributed by atoms with Crippen molar-refractivity contribution in [1.82, 2.24) is 16.0 Å². The highest BCUT2D eigenvalue weighted by Gasteiger charge is 2.09. The zero-order chi connectivity index (χ0) is 13.3. The molecule has 0 radical (unpaired) electrons. The van der Waals surface area contributed by atoms with Gasteiger partial charge in [0.15, 0.2) is 0 Å². The van der Waals surface area contributed by atoms with E-state index in [1.807, 2.05) is 5.32 Å². The molecule has 0 aromatic heterocycles. The van der Waals surface area contributed by atoms with E-state index in [0.717, 1.165) is 0 Å². The zero-order valence-corrected chi connectivity index (χ0v) is 9.11. The lowest BCUT2D eigenvalue weighted by Gasteiger charge is -2.05. The number of hydrogen-bond donors (Lipinski definition) is 4. The molecule has 17 heavy (non-hydrogen) atoms. The van der Waals surface area contributed by atoms with Crippen molar-refractivity contribution in [2.45, 2.75) is 0 Å². The molecule has 0 saturated heterocycles. The summed E-state index contributed by atoms with van der Waals surface area (Å²) in [5, 5.41) is 14.4. The summed E-state index contributed by atoms with van der Waals surface area (Å²) in [7, 11) is 1.40. The SMILES string of the molecule is CNC(=O)CNC(=O)NC(=O)COCC(=O)O. The molecule has 0 aliphatic heterocycles. The fourth-order valence-electron chi connectivity index (χ4n) is 0.687. The Morgan fingerprint density at radius 1 is 1.12 bits per heavy atom. The van der Waals surface area contributed by atoms with Gasteiger partial charge in [-0.3, -0.25) is 14.9 Å². The Morgan fingerprint density at radius 2 is 1.76 bits per heavy atom. The molecule has 4 N–H and O–H groups in total. The van der Waals surface area contributed by atoms with Crippen LogP contribution in [0, 0.1) is 0 Å². The number of imide groups is 1. The molecule has 0 rings (SSSR count). The van der Waals surface area contributed by atoms with Gasteiger partial charge in [0.2, 0.25) is 5.91 Å². The van der Waals surface area contributed by atoms with E-state index >= 15 is 0 Å². The number of carboxylic acids is 1.